The Bertz CT molecular complexity index is 1340. The van der Waals surface area contributed by atoms with E-state index < -0.39 is 24.2 Å². The van der Waals surface area contributed by atoms with Gasteiger partial charge in [-0.05, 0) is 43.7 Å². The lowest BCUT2D eigenvalue weighted by Crippen LogP contribution is -2.53. The summed E-state index contributed by atoms with van der Waals surface area (Å²) >= 11 is 0. The summed E-state index contributed by atoms with van der Waals surface area (Å²) in [5.74, 6) is 0.828. The summed E-state index contributed by atoms with van der Waals surface area (Å²) in [6.45, 7) is 1.72. The molecule has 0 saturated heterocycles. The number of aliphatic hydroxyl groups is 1. The summed E-state index contributed by atoms with van der Waals surface area (Å²) in [6, 6.07) is 11.8. The fourth-order valence-corrected chi connectivity index (χ4v) is 4.37. The number of alkyl halides is 3. The second-order valence-electron chi connectivity index (χ2n) is 8.44. The van der Waals surface area contributed by atoms with Crippen LogP contribution in [-0.4, -0.2) is 38.6 Å². The molecule has 10 heteroatoms. The van der Waals surface area contributed by atoms with Gasteiger partial charge in [0.25, 0.3) is 0 Å². The fourth-order valence-electron chi connectivity index (χ4n) is 4.37. The Balaban J connectivity index is 1.64. The number of fused-ring (bicyclic) bond motifs is 2. The van der Waals surface area contributed by atoms with Crippen LogP contribution in [0.2, 0.25) is 0 Å². The van der Waals surface area contributed by atoms with E-state index in [1.807, 2.05) is 6.92 Å². The van der Waals surface area contributed by atoms with Gasteiger partial charge >= 0.3 is 6.18 Å². The quantitative estimate of drug-likeness (QED) is 0.339. The lowest BCUT2D eigenvalue weighted by molar-refractivity contribution is -0.269. The number of H-pyrrole nitrogens is 1. The van der Waals surface area contributed by atoms with E-state index in [1.165, 1.54) is 18.5 Å². The van der Waals surface area contributed by atoms with Crippen LogP contribution in [0.3, 0.4) is 0 Å². The summed E-state index contributed by atoms with van der Waals surface area (Å²) in [7, 11) is 0. The average molecular weight is 484 g/mol. The first kappa shape index (κ1) is 23.0. The maximum absolute atomic E-state index is 14.7. The highest BCUT2D eigenvalue weighted by molar-refractivity contribution is 5.91. The molecule has 0 spiro atoms. The molecule has 0 radical (unpaired) electrons. The molecule has 2 unspecified atom stereocenters. The molecular formula is C25H23F3N4O3. The van der Waals surface area contributed by atoms with Crippen molar-refractivity contribution in [1.82, 2.24) is 15.0 Å². The Morgan fingerprint density at radius 3 is 2.71 bits per heavy atom. The highest BCUT2D eigenvalue weighted by Crippen LogP contribution is 2.49. The van der Waals surface area contributed by atoms with Gasteiger partial charge in [-0.1, -0.05) is 18.2 Å². The first-order chi connectivity index (χ1) is 16.8. The third-order valence-electron chi connectivity index (χ3n) is 6.18. The van der Waals surface area contributed by atoms with E-state index in [2.05, 4.69) is 20.3 Å². The van der Waals surface area contributed by atoms with E-state index in [0.29, 0.717) is 28.2 Å². The van der Waals surface area contributed by atoms with Crippen LogP contribution < -0.4 is 14.8 Å². The number of rotatable bonds is 7. The zero-order valence-electron chi connectivity index (χ0n) is 18.8. The maximum Gasteiger partial charge on any atom is 0.419 e. The van der Waals surface area contributed by atoms with Crippen molar-refractivity contribution in [2.75, 3.05) is 12.1 Å². The summed E-state index contributed by atoms with van der Waals surface area (Å²) in [6.07, 6.45) is -2.77. The Morgan fingerprint density at radius 2 is 1.94 bits per heavy atom. The number of para-hydroxylation sites is 1. The molecule has 2 aromatic carbocycles. The Morgan fingerprint density at radius 1 is 1.11 bits per heavy atom. The molecule has 0 aliphatic carbocycles. The smallest absolute Gasteiger partial charge is 0.419 e. The Labute approximate surface area is 198 Å². The van der Waals surface area contributed by atoms with Crippen LogP contribution in [0.25, 0.3) is 10.9 Å². The van der Waals surface area contributed by atoms with E-state index in [1.54, 1.807) is 42.5 Å². The van der Waals surface area contributed by atoms with Crippen molar-refractivity contribution in [3.63, 3.8) is 0 Å². The summed E-state index contributed by atoms with van der Waals surface area (Å²) in [4.78, 5) is 11.3. The molecule has 4 aromatic rings. The number of imidazole rings is 1. The van der Waals surface area contributed by atoms with Crippen LogP contribution in [0.5, 0.6) is 11.5 Å². The fraction of sp³-hybridized carbons (Fsp3) is 0.280. The van der Waals surface area contributed by atoms with Gasteiger partial charge in [0.05, 0.1) is 11.6 Å². The number of ether oxygens (including phenoxy) is 2. The molecular weight excluding hydrogens is 461 g/mol. The molecule has 0 bridgehead atoms. The van der Waals surface area contributed by atoms with Crippen molar-refractivity contribution >= 4 is 16.6 Å². The van der Waals surface area contributed by atoms with Gasteiger partial charge in [-0.25, -0.2) is 4.98 Å². The van der Waals surface area contributed by atoms with Crippen LogP contribution in [-0.2, 0) is 6.42 Å². The molecule has 1 aliphatic rings. The van der Waals surface area contributed by atoms with Crippen molar-refractivity contribution < 1.29 is 27.8 Å². The van der Waals surface area contributed by atoms with Crippen LogP contribution in [0, 0.1) is 6.92 Å². The van der Waals surface area contributed by atoms with Crippen molar-refractivity contribution in [2.24, 2.45) is 0 Å². The number of hydrogen-bond donors (Lipinski definition) is 3. The number of pyridine rings is 1. The highest BCUT2D eigenvalue weighted by atomic mass is 19.4. The minimum absolute atomic E-state index is 0.118. The number of aryl methyl sites for hydroxylation is 2. The van der Waals surface area contributed by atoms with E-state index in [4.69, 9.17) is 9.47 Å². The van der Waals surface area contributed by atoms with Gasteiger partial charge in [0, 0.05) is 41.1 Å². The van der Waals surface area contributed by atoms with Crippen LogP contribution in [0.1, 0.15) is 29.5 Å². The highest BCUT2D eigenvalue weighted by Gasteiger charge is 2.59. The number of hydrogen-bond acceptors (Lipinski definition) is 6. The number of anilines is 1. The van der Waals surface area contributed by atoms with E-state index in [-0.39, 0.29) is 24.5 Å². The largest absolute Gasteiger partial charge is 0.454 e. The van der Waals surface area contributed by atoms with Crippen molar-refractivity contribution in [1.29, 1.82) is 0 Å². The zero-order valence-corrected chi connectivity index (χ0v) is 18.8. The standard InChI is InChI=1S/C25H23F3N4O3/c1-15-8-9-16-18(31-15)5-3-6-19(16)32-23(17-4-2-7-20-22(17)35-14-34-20)24(33,25(26,27)28)11-10-21-29-12-13-30-21/h2-9,12-13,23,32-33H,10-11,14H2,1H3,(H,29,30). The third kappa shape index (κ3) is 4.25. The van der Waals surface area contributed by atoms with Gasteiger partial charge < -0.3 is 24.9 Å². The molecule has 0 amide bonds. The van der Waals surface area contributed by atoms with E-state index in [0.717, 1.165) is 5.69 Å². The molecule has 2 aromatic heterocycles. The van der Waals surface area contributed by atoms with Crippen molar-refractivity contribution in [3.05, 3.63) is 78.0 Å². The van der Waals surface area contributed by atoms with Crippen LogP contribution in [0.4, 0.5) is 18.9 Å². The van der Waals surface area contributed by atoms with Gasteiger partial charge in [0.15, 0.2) is 17.1 Å². The monoisotopic (exact) mass is 484 g/mol. The number of aromatic amines is 1. The molecule has 5 rings (SSSR count). The minimum atomic E-state index is -4.99. The first-order valence-corrected chi connectivity index (χ1v) is 11.0. The summed E-state index contributed by atoms with van der Waals surface area (Å²) < 4.78 is 55.0. The SMILES string of the molecule is Cc1ccc2c(NC(c3cccc4c3OCO4)C(O)(CCc3ncc[nH]3)C(F)(F)F)cccc2n1. The summed E-state index contributed by atoms with van der Waals surface area (Å²) in [5, 5.41) is 15.0. The van der Waals surface area contributed by atoms with Gasteiger partial charge in [-0.15, -0.1) is 0 Å². The lowest BCUT2D eigenvalue weighted by Gasteiger charge is -2.39. The molecule has 3 N–H and O–H groups in total. The average Bonchev–Trinajstić information content (AvgIpc) is 3.52. The number of halogens is 3. The van der Waals surface area contributed by atoms with Crippen molar-refractivity contribution in [3.8, 4) is 11.5 Å². The topological polar surface area (TPSA) is 92.3 Å². The number of aromatic nitrogens is 3. The third-order valence-corrected chi connectivity index (χ3v) is 6.18. The van der Waals surface area contributed by atoms with Crippen LogP contribution in [0.15, 0.2) is 60.9 Å². The molecule has 1 aliphatic heterocycles. The minimum Gasteiger partial charge on any atom is -0.454 e. The Kier molecular flexibility index (Phi) is 5.76. The molecule has 35 heavy (non-hydrogen) atoms. The van der Waals surface area contributed by atoms with Gasteiger partial charge in [-0.3, -0.25) is 4.98 Å². The Hall–Kier alpha value is -3.79. The number of nitrogens with zero attached hydrogens (tertiary/aromatic N) is 2. The maximum atomic E-state index is 14.7. The van der Waals surface area contributed by atoms with E-state index in [9.17, 15) is 18.3 Å². The van der Waals surface area contributed by atoms with Crippen LogP contribution >= 0.6 is 0 Å². The number of benzene rings is 2. The van der Waals surface area contributed by atoms with E-state index >= 15 is 0 Å². The lowest BCUT2D eigenvalue weighted by atomic mass is 9.83. The second-order valence-corrected chi connectivity index (χ2v) is 8.44. The molecule has 182 valence electrons. The molecule has 0 fully saturated rings. The summed E-state index contributed by atoms with van der Waals surface area (Å²) in [5.41, 5.74) is -1.24. The number of nitrogens with one attached hydrogen (secondary N) is 2. The predicted octanol–water partition coefficient (Wildman–Crippen LogP) is 5.07. The normalized spacial score (nSPS) is 15.7. The second kappa shape index (κ2) is 8.77. The van der Waals surface area contributed by atoms with Crippen molar-refractivity contribution in [2.45, 2.75) is 37.6 Å². The van der Waals surface area contributed by atoms with Gasteiger partial charge in [0.1, 0.15) is 5.82 Å². The zero-order chi connectivity index (χ0) is 24.6. The molecule has 2 atom stereocenters. The molecule has 7 nitrogen and oxygen atoms in total. The van der Waals surface area contributed by atoms with Gasteiger partial charge in [0.2, 0.25) is 6.79 Å². The predicted molar refractivity (Wildman–Crippen MR) is 123 cm³/mol. The van der Waals surface area contributed by atoms with Gasteiger partial charge in [-0.2, -0.15) is 13.2 Å². The first-order valence-electron chi connectivity index (χ1n) is 11.0. The molecule has 0 saturated carbocycles. The molecule has 3 heterocycles.